The van der Waals surface area contributed by atoms with Crippen LogP contribution < -0.4 is 0 Å². The van der Waals surface area contributed by atoms with Gasteiger partial charge in [0.1, 0.15) is 18.8 Å². The number of fused-ring (bicyclic) bond motifs is 2. The van der Waals surface area contributed by atoms with E-state index in [4.69, 9.17) is 14.2 Å². The first-order chi connectivity index (χ1) is 9.92. The lowest BCUT2D eigenvalue weighted by atomic mass is 9.48. The second-order valence-electron chi connectivity index (χ2n) is 7.63. The molecule has 2 aliphatic carbocycles. The second-order valence-corrected chi connectivity index (χ2v) is 7.63. The quantitative estimate of drug-likeness (QED) is 0.498. The summed E-state index contributed by atoms with van der Waals surface area (Å²) in [6.45, 7) is 4.46. The molecular weight excluding hydrogens is 272 g/mol. The Bertz CT molecular complexity index is 624. The van der Waals surface area contributed by atoms with Crippen LogP contribution in [0.5, 0.6) is 0 Å². The molecule has 0 radical (unpaired) electrons. The normalized spacial score (nSPS) is 56.5. The predicted octanol–water partition coefficient (Wildman–Crippen LogP) is 1.36. The molecular formula is C16H18O5. The van der Waals surface area contributed by atoms with Gasteiger partial charge >= 0.3 is 11.9 Å². The van der Waals surface area contributed by atoms with Crippen LogP contribution in [0.1, 0.15) is 33.1 Å². The summed E-state index contributed by atoms with van der Waals surface area (Å²) in [4.78, 5) is 24.2. The molecule has 5 nitrogen and oxygen atoms in total. The summed E-state index contributed by atoms with van der Waals surface area (Å²) in [6, 6.07) is 0. The zero-order chi connectivity index (χ0) is 14.6. The fourth-order valence-electron chi connectivity index (χ4n) is 5.70. The highest BCUT2D eigenvalue weighted by molar-refractivity contribution is 5.86. The summed E-state index contributed by atoms with van der Waals surface area (Å²) in [5.41, 5.74) is -0.136. The highest BCUT2D eigenvalue weighted by Gasteiger charge is 2.80. The number of hydrogen-bond acceptors (Lipinski definition) is 5. The van der Waals surface area contributed by atoms with Gasteiger partial charge in [0.15, 0.2) is 5.60 Å². The van der Waals surface area contributed by atoms with Crippen molar-refractivity contribution >= 4 is 11.9 Å². The molecule has 5 rings (SSSR count). The van der Waals surface area contributed by atoms with Crippen LogP contribution in [0.15, 0.2) is 11.6 Å². The molecule has 0 bridgehead atoms. The summed E-state index contributed by atoms with van der Waals surface area (Å²) < 4.78 is 16.9. The second kappa shape index (κ2) is 3.19. The number of hydrogen-bond donors (Lipinski definition) is 0. The zero-order valence-electron chi connectivity index (χ0n) is 12.2. The molecule has 2 saturated carbocycles. The van der Waals surface area contributed by atoms with E-state index < -0.39 is 11.0 Å². The molecule has 6 atom stereocenters. The molecule has 0 amide bonds. The van der Waals surface area contributed by atoms with E-state index in [1.54, 1.807) is 6.08 Å². The number of rotatable bonds is 0. The van der Waals surface area contributed by atoms with Gasteiger partial charge in [0.05, 0.1) is 5.41 Å². The fraction of sp³-hybridized carbons (Fsp3) is 0.750. The molecule has 112 valence electrons. The Morgan fingerprint density at radius 2 is 1.95 bits per heavy atom. The molecule has 21 heavy (non-hydrogen) atoms. The van der Waals surface area contributed by atoms with E-state index in [9.17, 15) is 9.59 Å². The van der Waals surface area contributed by atoms with Crippen LogP contribution in [0.4, 0.5) is 0 Å². The van der Waals surface area contributed by atoms with Gasteiger partial charge in [0, 0.05) is 12.0 Å². The zero-order valence-corrected chi connectivity index (χ0v) is 12.2. The third-order valence-corrected chi connectivity index (χ3v) is 6.60. The molecule has 0 unspecified atom stereocenters. The minimum atomic E-state index is -0.521. The van der Waals surface area contributed by atoms with Gasteiger partial charge in [-0.1, -0.05) is 13.3 Å². The highest BCUT2D eigenvalue weighted by atomic mass is 16.7. The lowest BCUT2D eigenvalue weighted by Crippen LogP contribution is -2.57. The van der Waals surface area contributed by atoms with Crippen molar-refractivity contribution in [1.82, 2.24) is 0 Å². The molecule has 2 saturated heterocycles. The monoisotopic (exact) mass is 290 g/mol. The van der Waals surface area contributed by atoms with Crippen molar-refractivity contribution in [3.8, 4) is 0 Å². The van der Waals surface area contributed by atoms with Gasteiger partial charge in [0.2, 0.25) is 0 Å². The van der Waals surface area contributed by atoms with Crippen molar-refractivity contribution in [3.05, 3.63) is 11.6 Å². The fourth-order valence-corrected chi connectivity index (χ4v) is 5.70. The van der Waals surface area contributed by atoms with E-state index in [0.29, 0.717) is 0 Å². The molecule has 0 N–H and O–H groups in total. The Kier molecular flexibility index (Phi) is 1.85. The lowest BCUT2D eigenvalue weighted by Gasteiger charge is -2.52. The van der Waals surface area contributed by atoms with Crippen molar-refractivity contribution in [3.63, 3.8) is 0 Å². The van der Waals surface area contributed by atoms with E-state index in [1.807, 2.05) is 6.92 Å². The van der Waals surface area contributed by atoms with Gasteiger partial charge < -0.3 is 14.2 Å². The first-order valence-electron chi connectivity index (χ1n) is 7.70. The molecule has 3 aliphatic heterocycles. The smallest absolute Gasteiger partial charge is 0.330 e. The van der Waals surface area contributed by atoms with Gasteiger partial charge in [-0.15, -0.1) is 0 Å². The number of cyclic esters (lactones) is 1. The van der Waals surface area contributed by atoms with Crippen LogP contribution in [-0.4, -0.2) is 36.4 Å². The minimum Gasteiger partial charge on any atom is -0.459 e. The molecule has 1 spiro atoms. The maximum Gasteiger partial charge on any atom is 0.330 e. The maximum atomic E-state index is 12.5. The van der Waals surface area contributed by atoms with E-state index in [2.05, 4.69) is 6.92 Å². The summed E-state index contributed by atoms with van der Waals surface area (Å²) >= 11 is 0. The molecule has 0 aromatic rings. The number of carbonyl (C=O) groups excluding carboxylic acids is 2. The van der Waals surface area contributed by atoms with Gasteiger partial charge in [-0.25, -0.2) is 4.79 Å². The van der Waals surface area contributed by atoms with Crippen LogP contribution in [0.3, 0.4) is 0 Å². The molecule has 3 heterocycles. The van der Waals surface area contributed by atoms with E-state index >= 15 is 0 Å². The first kappa shape index (κ1) is 12.2. The largest absolute Gasteiger partial charge is 0.459 e. The highest BCUT2D eigenvalue weighted by Crippen LogP contribution is 2.71. The maximum absolute atomic E-state index is 12.5. The molecule has 0 aromatic carbocycles. The first-order valence-corrected chi connectivity index (χ1v) is 7.70. The summed E-state index contributed by atoms with van der Waals surface area (Å²) in [6.07, 6.45) is 4.09. The molecule has 4 fully saturated rings. The van der Waals surface area contributed by atoms with Gasteiger partial charge in [-0.3, -0.25) is 4.79 Å². The third kappa shape index (κ3) is 1.13. The SMILES string of the molecule is C[C@@]12CCC[C@]3(C)C4=CC(=O)OC[C@]45O[C@@H]5[C@@H](OC1=O)[C@@H]23. The van der Waals surface area contributed by atoms with Gasteiger partial charge in [-0.2, -0.15) is 0 Å². The van der Waals surface area contributed by atoms with Crippen LogP contribution >= 0.6 is 0 Å². The van der Waals surface area contributed by atoms with E-state index in [-0.39, 0.29) is 42.1 Å². The topological polar surface area (TPSA) is 65.1 Å². The summed E-state index contributed by atoms with van der Waals surface area (Å²) in [5.74, 6) is -0.285. The Labute approximate surface area is 122 Å². The van der Waals surface area contributed by atoms with Crippen molar-refractivity contribution in [2.75, 3.05) is 6.61 Å². The molecule has 0 aromatic heterocycles. The molecule has 5 aliphatic rings. The predicted molar refractivity (Wildman–Crippen MR) is 70.1 cm³/mol. The number of esters is 2. The molecule has 5 heteroatoms. The van der Waals surface area contributed by atoms with Gasteiger partial charge in [0.25, 0.3) is 0 Å². The Morgan fingerprint density at radius 3 is 2.76 bits per heavy atom. The van der Waals surface area contributed by atoms with Crippen LogP contribution in [0.2, 0.25) is 0 Å². The van der Waals surface area contributed by atoms with Crippen LogP contribution in [-0.2, 0) is 23.8 Å². The average molecular weight is 290 g/mol. The van der Waals surface area contributed by atoms with Crippen LogP contribution in [0, 0.1) is 16.7 Å². The lowest BCUT2D eigenvalue weighted by molar-refractivity contribution is -0.149. The Morgan fingerprint density at radius 1 is 1.19 bits per heavy atom. The Balaban J connectivity index is 1.74. The van der Waals surface area contributed by atoms with E-state index in [0.717, 1.165) is 24.8 Å². The number of carbonyl (C=O) groups is 2. The van der Waals surface area contributed by atoms with Crippen molar-refractivity contribution in [1.29, 1.82) is 0 Å². The summed E-state index contributed by atoms with van der Waals surface area (Å²) in [5, 5.41) is 0. The average Bonchev–Trinajstić information content (AvgIpc) is 3.08. The van der Waals surface area contributed by atoms with Crippen molar-refractivity contribution in [2.24, 2.45) is 16.7 Å². The third-order valence-electron chi connectivity index (χ3n) is 6.60. The number of epoxide rings is 1. The Hall–Kier alpha value is -1.36. The van der Waals surface area contributed by atoms with Crippen molar-refractivity contribution < 1.29 is 23.8 Å². The summed E-state index contributed by atoms with van der Waals surface area (Å²) in [7, 11) is 0. The minimum absolute atomic E-state index is 0.0967. The number of ether oxygens (including phenoxy) is 3. The van der Waals surface area contributed by atoms with E-state index in [1.165, 1.54) is 0 Å². The van der Waals surface area contributed by atoms with Gasteiger partial charge in [-0.05, 0) is 30.8 Å². The van der Waals surface area contributed by atoms with Crippen molar-refractivity contribution in [2.45, 2.75) is 50.9 Å². The van der Waals surface area contributed by atoms with Crippen LogP contribution in [0.25, 0.3) is 0 Å². The standard InChI is InChI=1S/C16H18O5/c1-14-4-3-5-15(2)11(14)10(20-13(15)18)12-16(21-12)7-19-9(17)6-8(14)16/h6,10-12H,3-5,7H2,1-2H3/t10-,11+,12+,14+,15-,16-/m0/s1.